The monoisotopic (exact) mass is 576 g/mol. The molecule has 0 radical (unpaired) electrons. The zero-order chi connectivity index (χ0) is 30.5. The minimum absolute atomic E-state index is 0.147. The van der Waals surface area contributed by atoms with Crippen LogP contribution in [0.15, 0.2) is 88.9 Å². The molecule has 1 aliphatic rings. The summed E-state index contributed by atoms with van der Waals surface area (Å²) in [6.07, 6.45) is 3.29. The van der Waals surface area contributed by atoms with Crippen molar-refractivity contribution in [1.82, 2.24) is 0 Å². The number of aryl methyl sites for hydroxylation is 1. The van der Waals surface area contributed by atoms with Crippen LogP contribution >= 0.6 is 0 Å². The van der Waals surface area contributed by atoms with Gasteiger partial charge in [0.25, 0.3) is 0 Å². The van der Waals surface area contributed by atoms with Gasteiger partial charge in [0.15, 0.2) is 5.60 Å². The zero-order valence-electron chi connectivity index (χ0n) is 24.8. The third-order valence-electron chi connectivity index (χ3n) is 8.25. The Morgan fingerprint density at radius 2 is 1.70 bits per heavy atom. The van der Waals surface area contributed by atoms with Crippen LogP contribution in [0.1, 0.15) is 61.1 Å². The van der Waals surface area contributed by atoms with Crippen molar-refractivity contribution in [2.45, 2.75) is 52.1 Å². The van der Waals surface area contributed by atoms with E-state index < -0.39 is 29.6 Å². The first kappa shape index (κ1) is 29.9. The van der Waals surface area contributed by atoms with Crippen LogP contribution in [0.4, 0.5) is 0 Å². The van der Waals surface area contributed by atoms with E-state index in [0.717, 1.165) is 27.7 Å². The lowest BCUT2D eigenvalue weighted by Crippen LogP contribution is -2.42. The Balaban J connectivity index is 1.29. The minimum Gasteiger partial charge on any atom is -0.461 e. The Kier molecular flexibility index (Phi) is 8.84. The van der Waals surface area contributed by atoms with Crippen LogP contribution in [-0.2, 0) is 25.5 Å². The molecule has 0 amide bonds. The fourth-order valence-corrected chi connectivity index (χ4v) is 5.38. The van der Waals surface area contributed by atoms with E-state index in [9.17, 15) is 14.7 Å². The molecule has 1 atom stereocenters. The number of carbonyl (C=O) groups is 2. The van der Waals surface area contributed by atoms with Crippen molar-refractivity contribution < 1.29 is 28.6 Å². The molecule has 1 saturated heterocycles. The second-order valence-corrected chi connectivity index (χ2v) is 11.3. The molecule has 1 aromatic heterocycles. The van der Waals surface area contributed by atoms with E-state index in [2.05, 4.69) is 11.8 Å². The number of hydrogen-bond donors (Lipinski definition) is 1. The molecule has 1 aliphatic heterocycles. The quantitative estimate of drug-likeness (QED) is 0.134. The van der Waals surface area contributed by atoms with Crippen LogP contribution in [0.5, 0.6) is 0 Å². The Morgan fingerprint density at radius 1 is 1.00 bits per heavy atom. The summed E-state index contributed by atoms with van der Waals surface area (Å²) in [6, 6.07) is 25.3. The number of benzene rings is 3. The smallest absolute Gasteiger partial charge is 0.334 e. The number of aliphatic hydroxyl groups is 1. The highest BCUT2D eigenvalue weighted by Gasteiger charge is 2.46. The predicted molar refractivity (Wildman–Crippen MR) is 166 cm³/mol. The van der Waals surface area contributed by atoms with E-state index in [1.54, 1.807) is 6.08 Å². The molecule has 4 aromatic rings. The summed E-state index contributed by atoms with van der Waals surface area (Å²) < 4.78 is 17.5. The number of fused-ring (bicyclic) bond motifs is 1. The molecular formula is C37H36O6. The predicted octanol–water partition coefficient (Wildman–Crippen LogP) is 6.79. The molecule has 3 aromatic carbocycles. The molecule has 1 N–H and O–H groups in total. The maximum Gasteiger partial charge on any atom is 0.334 e. The van der Waals surface area contributed by atoms with Crippen LogP contribution in [0.25, 0.3) is 17.0 Å². The standard InChI is InChI=1S/C37H36O6/c1-4-36(5-2,35(40)41-25-37(24-38)22-31(34(39)43-37)20-28-9-7-6-8-10-28)23-32-21-30-19-29(17-18-33(30)42-32)16-15-27-13-11-26(3)12-14-27/h6-14,17-21,38H,4-5,22-25H2,1-3H3/b31-20+/t37-/m1/s1. The van der Waals surface area contributed by atoms with Crippen LogP contribution in [0, 0.1) is 24.2 Å². The third kappa shape index (κ3) is 6.74. The van der Waals surface area contributed by atoms with E-state index in [-0.39, 0.29) is 13.0 Å². The van der Waals surface area contributed by atoms with Gasteiger partial charge in [-0.25, -0.2) is 4.79 Å². The van der Waals surface area contributed by atoms with Gasteiger partial charge in [0.05, 0.1) is 12.0 Å². The Labute approximate surface area is 252 Å². The van der Waals surface area contributed by atoms with Crippen molar-refractivity contribution in [3.05, 3.63) is 112 Å². The molecule has 0 aliphatic carbocycles. The number of ether oxygens (including phenoxy) is 2. The SMILES string of the molecule is CCC(CC)(Cc1cc2cc(C#Cc3ccc(C)cc3)ccc2o1)C(=O)OC[C@]1(CO)C/C(=C\c2ccccc2)C(=O)O1. The van der Waals surface area contributed by atoms with Gasteiger partial charge in [-0.1, -0.05) is 73.7 Å². The van der Waals surface area contributed by atoms with Crippen molar-refractivity contribution >= 4 is 29.0 Å². The number of cyclic esters (lactones) is 1. The Hall–Kier alpha value is -4.60. The minimum atomic E-state index is -1.31. The highest BCUT2D eigenvalue weighted by Crippen LogP contribution is 2.37. The van der Waals surface area contributed by atoms with E-state index in [4.69, 9.17) is 13.9 Å². The summed E-state index contributed by atoms with van der Waals surface area (Å²) in [5, 5.41) is 11.1. The van der Waals surface area contributed by atoms with Crippen LogP contribution in [0.3, 0.4) is 0 Å². The summed E-state index contributed by atoms with van der Waals surface area (Å²) in [6.45, 7) is 5.26. The van der Waals surface area contributed by atoms with Gasteiger partial charge in [0.1, 0.15) is 18.0 Å². The molecule has 0 unspecified atom stereocenters. The summed E-state index contributed by atoms with van der Waals surface area (Å²) in [7, 11) is 0. The second-order valence-electron chi connectivity index (χ2n) is 11.3. The van der Waals surface area contributed by atoms with E-state index in [1.807, 2.05) is 99.6 Å². The molecule has 43 heavy (non-hydrogen) atoms. The van der Waals surface area contributed by atoms with E-state index in [0.29, 0.717) is 30.6 Å². The molecule has 1 fully saturated rings. The average molecular weight is 577 g/mol. The molecule has 0 bridgehead atoms. The fraction of sp³-hybridized carbons (Fsp3) is 0.297. The van der Waals surface area contributed by atoms with Gasteiger partial charge in [-0.2, -0.15) is 0 Å². The fourth-order valence-electron chi connectivity index (χ4n) is 5.38. The number of hydrogen-bond acceptors (Lipinski definition) is 6. The van der Waals surface area contributed by atoms with Gasteiger partial charge in [-0.3, -0.25) is 4.79 Å². The topological polar surface area (TPSA) is 86.0 Å². The van der Waals surface area contributed by atoms with Gasteiger partial charge in [-0.15, -0.1) is 0 Å². The first-order valence-corrected chi connectivity index (χ1v) is 14.7. The average Bonchev–Trinajstić information content (AvgIpc) is 3.58. The summed E-state index contributed by atoms with van der Waals surface area (Å²) in [4.78, 5) is 26.2. The van der Waals surface area contributed by atoms with Crippen LogP contribution in [-0.4, -0.2) is 35.9 Å². The van der Waals surface area contributed by atoms with E-state index >= 15 is 0 Å². The first-order chi connectivity index (χ1) is 20.8. The molecule has 6 nitrogen and oxygen atoms in total. The highest BCUT2D eigenvalue weighted by atomic mass is 16.6. The van der Waals surface area contributed by atoms with Gasteiger partial charge in [0, 0.05) is 34.9 Å². The Morgan fingerprint density at radius 3 is 2.40 bits per heavy atom. The highest BCUT2D eigenvalue weighted by molar-refractivity contribution is 5.96. The van der Waals surface area contributed by atoms with Crippen molar-refractivity contribution in [1.29, 1.82) is 0 Å². The van der Waals surface area contributed by atoms with Crippen molar-refractivity contribution in [3.63, 3.8) is 0 Å². The number of aliphatic hydroxyl groups excluding tert-OH is 1. The van der Waals surface area contributed by atoms with Crippen molar-refractivity contribution in [2.24, 2.45) is 5.41 Å². The largest absolute Gasteiger partial charge is 0.461 e. The molecule has 2 heterocycles. The number of esters is 2. The number of rotatable bonds is 9. The van der Waals surface area contributed by atoms with Crippen molar-refractivity contribution in [3.8, 4) is 11.8 Å². The summed E-state index contributed by atoms with van der Waals surface area (Å²) >= 11 is 0. The third-order valence-corrected chi connectivity index (χ3v) is 8.25. The van der Waals surface area contributed by atoms with Crippen LogP contribution < -0.4 is 0 Å². The van der Waals surface area contributed by atoms with Crippen molar-refractivity contribution in [2.75, 3.05) is 13.2 Å². The molecule has 0 spiro atoms. The van der Waals surface area contributed by atoms with Gasteiger partial charge < -0.3 is 19.0 Å². The molecule has 6 heteroatoms. The molecular weight excluding hydrogens is 540 g/mol. The molecule has 5 rings (SSSR count). The van der Waals surface area contributed by atoms with E-state index in [1.165, 1.54) is 5.56 Å². The lowest BCUT2D eigenvalue weighted by molar-refractivity contribution is -0.173. The van der Waals surface area contributed by atoms with Gasteiger partial charge in [0.2, 0.25) is 0 Å². The zero-order valence-corrected chi connectivity index (χ0v) is 24.8. The first-order valence-electron chi connectivity index (χ1n) is 14.7. The van der Waals surface area contributed by atoms with Gasteiger partial charge >= 0.3 is 11.9 Å². The lowest BCUT2D eigenvalue weighted by Gasteiger charge is -2.31. The summed E-state index contributed by atoms with van der Waals surface area (Å²) in [5.74, 6) is 6.17. The number of furan rings is 1. The normalized spacial score (nSPS) is 17.5. The van der Waals surface area contributed by atoms with Crippen LogP contribution in [0.2, 0.25) is 0 Å². The molecule has 220 valence electrons. The maximum absolute atomic E-state index is 13.6. The lowest BCUT2D eigenvalue weighted by atomic mass is 9.78. The second kappa shape index (κ2) is 12.7. The number of carbonyl (C=O) groups excluding carboxylic acids is 2. The molecule has 0 saturated carbocycles. The van der Waals surface area contributed by atoms with Gasteiger partial charge in [-0.05, 0) is 67.8 Å². The summed E-state index contributed by atoms with van der Waals surface area (Å²) in [5.41, 5.74) is 2.87. The maximum atomic E-state index is 13.6. The Bertz CT molecular complexity index is 1700.